The van der Waals surface area contributed by atoms with E-state index in [1.165, 1.54) is 47.6 Å². The predicted molar refractivity (Wildman–Crippen MR) is 107 cm³/mol. The number of aryl methyl sites for hydroxylation is 1. The molecule has 114 valence electrons. The van der Waals surface area contributed by atoms with E-state index in [1.54, 1.807) is 0 Å². The summed E-state index contributed by atoms with van der Waals surface area (Å²) in [7, 11) is 0. The first kappa shape index (κ1) is 13.8. The average molecular weight is 324 g/mol. The highest BCUT2D eigenvalue weighted by Gasteiger charge is 2.08. The smallest absolute Gasteiger partial charge is 0.0361 e. The predicted octanol–water partition coefficient (Wildman–Crippen LogP) is 7.18. The number of thiophene rings is 1. The molecule has 0 saturated heterocycles. The van der Waals surface area contributed by atoms with Gasteiger partial charge in [0.1, 0.15) is 0 Å². The van der Waals surface area contributed by atoms with E-state index in [0.29, 0.717) is 0 Å². The Labute approximate surface area is 145 Å². The van der Waals surface area contributed by atoms with Crippen LogP contribution < -0.4 is 0 Å². The van der Waals surface area contributed by atoms with Gasteiger partial charge in [0.05, 0.1) is 0 Å². The van der Waals surface area contributed by atoms with Crippen LogP contribution in [0.3, 0.4) is 0 Å². The first-order valence-corrected chi connectivity index (χ1v) is 9.02. The summed E-state index contributed by atoms with van der Waals surface area (Å²) in [6, 6.07) is 28.9. The molecule has 0 nitrogen and oxygen atoms in total. The summed E-state index contributed by atoms with van der Waals surface area (Å²) >= 11 is 1.88. The normalized spacial score (nSPS) is 11.5. The second-order valence-corrected chi connectivity index (χ2v) is 7.46. The van der Waals surface area contributed by atoms with Crippen molar-refractivity contribution >= 4 is 42.3 Å². The van der Waals surface area contributed by atoms with Crippen LogP contribution in [0.2, 0.25) is 0 Å². The van der Waals surface area contributed by atoms with Crippen LogP contribution in [0.15, 0.2) is 78.9 Å². The molecule has 0 spiro atoms. The van der Waals surface area contributed by atoms with Gasteiger partial charge in [-0.05, 0) is 53.1 Å². The van der Waals surface area contributed by atoms with Crippen molar-refractivity contribution in [3.63, 3.8) is 0 Å². The monoisotopic (exact) mass is 324 g/mol. The third-order valence-corrected chi connectivity index (χ3v) is 5.86. The lowest BCUT2D eigenvalue weighted by molar-refractivity contribution is 1.47. The van der Waals surface area contributed by atoms with Crippen LogP contribution in [0.5, 0.6) is 0 Å². The minimum Gasteiger partial charge on any atom is -0.135 e. The first-order chi connectivity index (χ1) is 11.8. The standard InChI is InChI=1S/C23H16S/c1-15-6-8-16(9-7-15)19-10-11-22-20(13-19)21-12-17-4-2-3-5-18(17)14-23(21)24-22/h2-14H,1H3. The molecule has 0 amide bonds. The zero-order valence-electron chi connectivity index (χ0n) is 13.4. The third kappa shape index (κ3) is 2.13. The van der Waals surface area contributed by atoms with Gasteiger partial charge in [0.2, 0.25) is 0 Å². The number of fused-ring (bicyclic) bond motifs is 4. The molecule has 4 aromatic carbocycles. The van der Waals surface area contributed by atoms with Crippen LogP contribution in [-0.4, -0.2) is 0 Å². The van der Waals surface area contributed by atoms with E-state index in [2.05, 4.69) is 85.8 Å². The quantitative estimate of drug-likeness (QED) is 0.306. The Morgan fingerprint density at radius 2 is 1.25 bits per heavy atom. The van der Waals surface area contributed by atoms with Gasteiger partial charge in [0.15, 0.2) is 0 Å². The zero-order chi connectivity index (χ0) is 16.1. The molecule has 0 atom stereocenters. The Balaban J connectivity index is 1.79. The van der Waals surface area contributed by atoms with Gasteiger partial charge in [-0.3, -0.25) is 0 Å². The van der Waals surface area contributed by atoms with Gasteiger partial charge in [-0.1, -0.05) is 60.2 Å². The van der Waals surface area contributed by atoms with Gasteiger partial charge in [-0.2, -0.15) is 0 Å². The lowest BCUT2D eigenvalue weighted by atomic mass is 10.0. The van der Waals surface area contributed by atoms with E-state index >= 15 is 0 Å². The molecule has 1 heterocycles. The molecule has 0 fully saturated rings. The maximum atomic E-state index is 2.34. The summed E-state index contributed by atoms with van der Waals surface area (Å²) in [4.78, 5) is 0. The minimum atomic E-state index is 1.28. The number of rotatable bonds is 1. The number of hydrogen-bond donors (Lipinski definition) is 0. The van der Waals surface area contributed by atoms with Gasteiger partial charge >= 0.3 is 0 Å². The first-order valence-electron chi connectivity index (χ1n) is 8.20. The molecule has 1 heteroatoms. The molecule has 5 rings (SSSR count). The highest BCUT2D eigenvalue weighted by atomic mass is 32.1. The second-order valence-electron chi connectivity index (χ2n) is 6.37. The van der Waals surface area contributed by atoms with Crippen molar-refractivity contribution in [3.8, 4) is 11.1 Å². The van der Waals surface area contributed by atoms with Crippen molar-refractivity contribution in [2.45, 2.75) is 6.92 Å². The van der Waals surface area contributed by atoms with E-state index in [4.69, 9.17) is 0 Å². The lowest BCUT2D eigenvalue weighted by Crippen LogP contribution is -1.78. The fourth-order valence-corrected chi connectivity index (χ4v) is 4.50. The number of benzene rings is 4. The van der Waals surface area contributed by atoms with E-state index < -0.39 is 0 Å². The Morgan fingerprint density at radius 3 is 2.04 bits per heavy atom. The van der Waals surface area contributed by atoms with Gasteiger partial charge < -0.3 is 0 Å². The van der Waals surface area contributed by atoms with E-state index in [-0.39, 0.29) is 0 Å². The summed E-state index contributed by atoms with van der Waals surface area (Å²) in [6.45, 7) is 2.13. The van der Waals surface area contributed by atoms with E-state index in [1.807, 2.05) is 11.3 Å². The van der Waals surface area contributed by atoms with E-state index in [9.17, 15) is 0 Å². The summed E-state index contributed by atoms with van der Waals surface area (Å²) in [6.07, 6.45) is 0. The molecule has 1 aromatic heterocycles. The lowest BCUT2D eigenvalue weighted by Gasteiger charge is -2.03. The van der Waals surface area contributed by atoms with Crippen molar-refractivity contribution in [1.29, 1.82) is 0 Å². The van der Waals surface area contributed by atoms with Gasteiger partial charge in [0, 0.05) is 20.2 Å². The van der Waals surface area contributed by atoms with Gasteiger partial charge in [-0.25, -0.2) is 0 Å². The summed E-state index contributed by atoms with van der Waals surface area (Å²) in [5.41, 5.74) is 3.87. The van der Waals surface area contributed by atoms with Crippen LogP contribution in [-0.2, 0) is 0 Å². The zero-order valence-corrected chi connectivity index (χ0v) is 14.2. The Kier molecular flexibility index (Phi) is 2.97. The molecular formula is C23H16S. The molecule has 0 aliphatic heterocycles. The van der Waals surface area contributed by atoms with Crippen LogP contribution in [0.1, 0.15) is 5.56 Å². The third-order valence-electron chi connectivity index (χ3n) is 4.72. The largest absolute Gasteiger partial charge is 0.135 e. The van der Waals surface area contributed by atoms with Crippen LogP contribution in [0.4, 0.5) is 0 Å². The molecule has 0 unspecified atom stereocenters. The maximum absolute atomic E-state index is 2.34. The molecule has 0 aliphatic rings. The molecule has 5 aromatic rings. The fourth-order valence-electron chi connectivity index (χ4n) is 3.39. The van der Waals surface area contributed by atoms with Crippen LogP contribution in [0.25, 0.3) is 42.1 Å². The van der Waals surface area contributed by atoms with Crippen molar-refractivity contribution in [1.82, 2.24) is 0 Å². The Hall–Kier alpha value is -2.64. The summed E-state index contributed by atoms with van der Waals surface area (Å²) in [5, 5.41) is 5.35. The second kappa shape index (κ2) is 5.19. The van der Waals surface area contributed by atoms with Crippen molar-refractivity contribution in [2.75, 3.05) is 0 Å². The summed E-state index contributed by atoms with van der Waals surface area (Å²) in [5.74, 6) is 0. The van der Waals surface area contributed by atoms with Crippen LogP contribution >= 0.6 is 11.3 Å². The minimum absolute atomic E-state index is 1.28. The highest BCUT2D eigenvalue weighted by Crippen LogP contribution is 2.38. The van der Waals surface area contributed by atoms with Crippen molar-refractivity contribution in [2.24, 2.45) is 0 Å². The van der Waals surface area contributed by atoms with Crippen molar-refractivity contribution in [3.05, 3.63) is 84.4 Å². The van der Waals surface area contributed by atoms with Crippen LogP contribution in [0, 0.1) is 6.92 Å². The maximum Gasteiger partial charge on any atom is 0.0361 e. The molecule has 24 heavy (non-hydrogen) atoms. The molecular weight excluding hydrogens is 308 g/mol. The highest BCUT2D eigenvalue weighted by molar-refractivity contribution is 7.25. The molecule has 0 radical (unpaired) electrons. The molecule has 0 saturated carbocycles. The van der Waals surface area contributed by atoms with Gasteiger partial charge in [0.25, 0.3) is 0 Å². The fraction of sp³-hybridized carbons (Fsp3) is 0.0435. The molecule has 0 aliphatic carbocycles. The molecule has 0 bridgehead atoms. The van der Waals surface area contributed by atoms with Gasteiger partial charge in [-0.15, -0.1) is 11.3 Å². The van der Waals surface area contributed by atoms with Crippen molar-refractivity contribution < 1.29 is 0 Å². The van der Waals surface area contributed by atoms with E-state index in [0.717, 1.165) is 0 Å². The molecule has 0 N–H and O–H groups in total. The Morgan fingerprint density at radius 1 is 0.583 bits per heavy atom. The number of hydrogen-bond acceptors (Lipinski definition) is 1. The Bertz CT molecular complexity index is 1190. The summed E-state index contributed by atoms with van der Waals surface area (Å²) < 4.78 is 2.72. The topological polar surface area (TPSA) is 0 Å². The average Bonchev–Trinajstić information content (AvgIpc) is 2.97. The SMILES string of the molecule is Cc1ccc(-c2ccc3sc4cc5ccccc5cc4c3c2)cc1.